The number of hydrogen-bond acceptors (Lipinski definition) is 4. The fraction of sp³-hybridized carbons (Fsp3) is 0.171. The number of carbonyl (C=O) groups is 1. The summed E-state index contributed by atoms with van der Waals surface area (Å²) in [6.45, 7) is 4.75. The van der Waals surface area contributed by atoms with Crippen LogP contribution in [0.5, 0.6) is 0 Å². The molecule has 43 heavy (non-hydrogen) atoms. The lowest BCUT2D eigenvalue weighted by molar-refractivity contribution is -0.114. The van der Waals surface area contributed by atoms with Gasteiger partial charge in [-0.15, -0.1) is 0 Å². The van der Waals surface area contributed by atoms with Crippen LogP contribution in [0.15, 0.2) is 97.5 Å². The number of aromatic amines is 1. The molecule has 4 heterocycles. The Hall–Kier alpha value is -5.08. The molecule has 0 aliphatic carbocycles. The van der Waals surface area contributed by atoms with E-state index in [1.54, 1.807) is 12.1 Å². The van der Waals surface area contributed by atoms with Gasteiger partial charge in [-0.05, 0) is 82.8 Å². The lowest BCUT2D eigenvalue weighted by Gasteiger charge is -2.26. The molecule has 0 saturated heterocycles. The average Bonchev–Trinajstić information content (AvgIpc) is 3.62. The van der Waals surface area contributed by atoms with E-state index >= 15 is 0 Å². The van der Waals surface area contributed by atoms with Crippen molar-refractivity contribution in [2.75, 3.05) is 18.4 Å². The standard InChI is InChI=1S/C35H31FN6O/c1-23(43)39-29-8-5-24(6-9-29)20-41-15-12-26(13-16-41)33-19-31-30(11-14-37-35(31)40-33)27-7-10-32-34(18-27)42(22-38-32)21-25-3-2-4-28(36)17-25/h2-12,14,17-19,22H,13,15-16,20-21H2,1H3,(H,37,40)(H,39,43). The van der Waals surface area contributed by atoms with Gasteiger partial charge in [0.25, 0.3) is 0 Å². The molecule has 0 saturated carbocycles. The highest BCUT2D eigenvalue weighted by Gasteiger charge is 2.17. The fourth-order valence-electron chi connectivity index (χ4n) is 5.89. The third-order valence-corrected chi connectivity index (χ3v) is 8.03. The van der Waals surface area contributed by atoms with Crippen molar-refractivity contribution in [3.8, 4) is 11.1 Å². The molecule has 6 aromatic rings. The number of halogens is 1. The first-order valence-corrected chi connectivity index (χ1v) is 14.4. The van der Waals surface area contributed by atoms with Crippen LogP contribution in [0.2, 0.25) is 0 Å². The van der Waals surface area contributed by atoms with Gasteiger partial charge < -0.3 is 14.9 Å². The van der Waals surface area contributed by atoms with Gasteiger partial charge in [-0.3, -0.25) is 9.69 Å². The topological polar surface area (TPSA) is 78.8 Å². The molecular formula is C35H31FN6O. The summed E-state index contributed by atoms with van der Waals surface area (Å²) in [5.74, 6) is -0.299. The monoisotopic (exact) mass is 570 g/mol. The third kappa shape index (κ3) is 5.69. The van der Waals surface area contributed by atoms with Gasteiger partial charge >= 0.3 is 0 Å². The quantitative estimate of drug-likeness (QED) is 0.216. The normalized spacial score (nSPS) is 13.9. The molecule has 8 heteroatoms. The van der Waals surface area contributed by atoms with E-state index in [0.717, 1.165) is 76.2 Å². The fourth-order valence-corrected chi connectivity index (χ4v) is 5.89. The first kappa shape index (κ1) is 26.8. The number of imidazole rings is 1. The number of fused-ring (bicyclic) bond motifs is 2. The number of carbonyl (C=O) groups excluding carboxylic acids is 1. The van der Waals surface area contributed by atoms with Gasteiger partial charge in [0, 0.05) is 56.1 Å². The Balaban J connectivity index is 1.11. The highest BCUT2D eigenvalue weighted by Crippen LogP contribution is 2.33. The van der Waals surface area contributed by atoms with Crippen molar-refractivity contribution >= 4 is 39.2 Å². The summed E-state index contributed by atoms with van der Waals surface area (Å²) in [6, 6.07) is 25.3. The zero-order valence-electron chi connectivity index (χ0n) is 23.8. The number of anilines is 1. The maximum Gasteiger partial charge on any atom is 0.221 e. The number of pyridine rings is 1. The molecule has 214 valence electrons. The van der Waals surface area contributed by atoms with Crippen LogP contribution in [-0.4, -0.2) is 43.4 Å². The molecule has 3 aromatic carbocycles. The van der Waals surface area contributed by atoms with Gasteiger partial charge in [0.05, 0.1) is 17.4 Å². The number of hydrogen-bond donors (Lipinski definition) is 2. The van der Waals surface area contributed by atoms with Crippen LogP contribution in [0.25, 0.3) is 38.8 Å². The predicted molar refractivity (Wildman–Crippen MR) is 169 cm³/mol. The molecule has 0 spiro atoms. The van der Waals surface area contributed by atoms with Crippen molar-refractivity contribution in [1.29, 1.82) is 0 Å². The van der Waals surface area contributed by atoms with Crippen LogP contribution in [0.4, 0.5) is 10.1 Å². The van der Waals surface area contributed by atoms with E-state index in [-0.39, 0.29) is 11.7 Å². The summed E-state index contributed by atoms with van der Waals surface area (Å²) in [5, 5.41) is 3.90. The molecule has 7 rings (SSSR count). The Morgan fingerprint density at radius 2 is 1.86 bits per heavy atom. The third-order valence-electron chi connectivity index (χ3n) is 8.03. The van der Waals surface area contributed by atoms with Crippen molar-refractivity contribution in [3.05, 3.63) is 120 Å². The van der Waals surface area contributed by atoms with E-state index < -0.39 is 0 Å². The highest BCUT2D eigenvalue weighted by atomic mass is 19.1. The van der Waals surface area contributed by atoms with Gasteiger partial charge in [0.1, 0.15) is 11.5 Å². The molecule has 2 N–H and O–H groups in total. The van der Waals surface area contributed by atoms with Crippen LogP contribution >= 0.6 is 0 Å². The van der Waals surface area contributed by atoms with E-state index in [1.165, 1.54) is 24.1 Å². The predicted octanol–water partition coefficient (Wildman–Crippen LogP) is 7.01. The summed E-state index contributed by atoms with van der Waals surface area (Å²) in [5.41, 5.74) is 10.3. The van der Waals surface area contributed by atoms with Crippen molar-refractivity contribution in [2.24, 2.45) is 0 Å². The minimum atomic E-state index is -0.236. The highest BCUT2D eigenvalue weighted by molar-refractivity contribution is 5.97. The van der Waals surface area contributed by atoms with Crippen LogP contribution in [0.1, 0.15) is 30.2 Å². The minimum Gasteiger partial charge on any atom is -0.339 e. The Labute approximate surface area is 248 Å². The van der Waals surface area contributed by atoms with Crippen molar-refractivity contribution in [3.63, 3.8) is 0 Å². The molecule has 0 fully saturated rings. The second kappa shape index (κ2) is 11.3. The van der Waals surface area contributed by atoms with E-state index in [2.05, 4.69) is 72.2 Å². The van der Waals surface area contributed by atoms with Crippen LogP contribution in [-0.2, 0) is 17.9 Å². The number of rotatable bonds is 7. The van der Waals surface area contributed by atoms with Crippen LogP contribution in [0, 0.1) is 5.82 Å². The lowest BCUT2D eigenvalue weighted by atomic mass is 10.0. The number of benzene rings is 3. The number of amides is 1. The number of H-pyrrole nitrogens is 1. The van der Waals surface area contributed by atoms with Gasteiger partial charge in [-0.25, -0.2) is 14.4 Å². The Morgan fingerprint density at radius 1 is 0.977 bits per heavy atom. The van der Waals surface area contributed by atoms with Crippen molar-refractivity contribution in [1.82, 2.24) is 24.4 Å². The number of aromatic nitrogens is 4. The molecule has 0 atom stereocenters. The first-order chi connectivity index (χ1) is 21.0. The molecule has 1 aliphatic rings. The Kier molecular flexibility index (Phi) is 7.04. The van der Waals surface area contributed by atoms with E-state index in [0.29, 0.717) is 6.54 Å². The smallest absolute Gasteiger partial charge is 0.221 e. The zero-order chi connectivity index (χ0) is 29.3. The SMILES string of the molecule is CC(=O)Nc1ccc(CN2CC=C(c3cc4c(-c5ccc6ncn(Cc7cccc(F)c7)c6c5)ccnc4[nH]3)CC2)cc1. The van der Waals surface area contributed by atoms with Crippen LogP contribution in [0.3, 0.4) is 0 Å². The minimum absolute atomic E-state index is 0.0630. The van der Waals surface area contributed by atoms with E-state index in [9.17, 15) is 9.18 Å². The number of nitrogens with zero attached hydrogens (tertiary/aromatic N) is 4. The number of nitrogens with one attached hydrogen (secondary N) is 2. The molecule has 1 amide bonds. The van der Waals surface area contributed by atoms with Crippen molar-refractivity contribution < 1.29 is 9.18 Å². The van der Waals surface area contributed by atoms with Crippen molar-refractivity contribution in [2.45, 2.75) is 26.4 Å². The lowest BCUT2D eigenvalue weighted by Crippen LogP contribution is -2.28. The molecule has 3 aromatic heterocycles. The summed E-state index contributed by atoms with van der Waals surface area (Å²) in [4.78, 5) is 26.5. The summed E-state index contributed by atoms with van der Waals surface area (Å²) in [7, 11) is 0. The largest absolute Gasteiger partial charge is 0.339 e. The van der Waals surface area contributed by atoms with E-state index in [4.69, 9.17) is 0 Å². The van der Waals surface area contributed by atoms with Gasteiger partial charge in [-0.1, -0.05) is 36.4 Å². The zero-order valence-corrected chi connectivity index (χ0v) is 23.8. The maximum absolute atomic E-state index is 13.8. The average molecular weight is 571 g/mol. The van der Waals surface area contributed by atoms with Crippen LogP contribution < -0.4 is 5.32 Å². The molecule has 0 bridgehead atoms. The summed E-state index contributed by atoms with van der Waals surface area (Å²) >= 11 is 0. The molecule has 0 unspecified atom stereocenters. The van der Waals surface area contributed by atoms with Gasteiger partial charge in [0.15, 0.2) is 0 Å². The molecular weight excluding hydrogens is 539 g/mol. The Morgan fingerprint density at radius 3 is 2.65 bits per heavy atom. The van der Waals surface area contributed by atoms with Gasteiger partial charge in [0.2, 0.25) is 5.91 Å². The van der Waals surface area contributed by atoms with Gasteiger partial charge in [-0.2, -0.15) is 0 Å². The Bertz CT molecular complexity index is 1990. The first-order valence-electron chi connectivity index (χ1n) is 14.4. The maximum atomic E-state index is 13.8. The molecule has 7 nitrogen and oxygen atoms in total. The second-order valence-electron chi connectivity index (χ2n) is 11.1. The van der Waals surface area contributed by atoms with E-state index in [1.807, 2.05) is 36.8 Å². The summed E-state index contributed by atoms with van der Waals surface area (Å²) in [6.07, 6.45) is 6.91. The molecule has 0 radical (unpaired) electrons. The summed E-state index contributed by atoms with van der Waals surface area (Å²) < 4.78 is 15.8. The molecule has 1 aliphatic heterocycles. The second-order valence-corrected chi connectivity index (χ2v) is 11.1.